The zero-order valence-electron chi connectivity index (χ0n) is 12.7. The maximum absolute atomic E-state index is 12.2. The third kappa shape index (κ3) is 3.96. The lowest BCUT2D eigenvalue weighted by Crippen LogP contribution is -2.42. The molecule has 0 aliphatic rings. The summed E-state index contributed by atoms with van der Waals surface area (Å²) in [5.41, 5.74) is 3.84. The van der Waals surface area contributed by atoms with Crippen molar-refractivity contribution < 1.29 is 13.2 Å². The van der Waals surface area contributed by atoms with Gasteiger partial charge in [-0.15, -0.1) is 4.83 Å². The van der Waals surface area contributed by atoms with Gasteiger partial charge in [0.05, 0.1) is 11.4 Å². The first-order valence-corrected chi connectivity index (χ1v) is 9.41. The van der Waals surface area contributed by atoms with Crippen LogP contribution in [-0.2, 0) is 21.2 Å². The van der Waals surface area contributed by atoms with Crippen LogP contribution >= 0.6 is 23.2 Å². The van der Waals surface area contributed by atoms with E-state index in [1.807, 2.05) is 29.1 Å². The molecule has 130 valence electrons. The first-order valence-electron chi connectivity index (χ1n) is 7.17. The van der Waals surface area contributed by atoms with Gasteiger partial charge in [0, 0.05) is 22.1 Å². The second-order valence-corrected chi connectivity index (χ2v) is 7.76. The average molecular weight is 398 g/mol. The summed E-state index contributed by atoms with van der Waals surface area (Å²) in [6.45, 7) is 0. The first kappa shape index (κ1) is 17.8. The topological polar surface area (TPSA) is 91.1 Å². The van der Waals surface area contributed by atoms with Gasteiger partial charge in [-0.2, -0.15) is 0 Å². The molecule has 1 amide bonds. The lowest BCUT2D eigenvalue weighted by Gasteiger charge is -2.10. The Balaban J connectivity index is 1.70. The molecule has 1 heterocycles. The van der Waals surface area contributed by atoms with Gasteiger partial charge in [-0.25, -0.2) is 8.42 Å². The Hall–Kier alpha value is -2.06. The standard InChI is InChI=1S/C16H13Cl2N3O3S/c17-11-5-6-13(18)15(8-11)25(23,24)21-20-16(22)7-10-9-19-14-4-2-1-3-12(10)14/h1-6,8-9,19,21H,7H2,(H,20,22). The number of H-pyrrole nitrogens is 1. The molecule has 0 unspecified atom stereocenters. The number of carbonyl (C=O) groups is 1. The van der Waals surface area contributed by atoms with Crippen LogP contribution in [0.4, 0.5) is 0 Å². The number of benzene rings is 2. The summed E-state index contributed by atoms with van der Waals surface area (Å²) in [5, 5.41) is 1.12. The van der Waals surface area contributed by atoms with Crippen molar-refractivity contribution in [2.75, 3.05) is 0 Å². The molecule has 2 aromatic carbocycles. The summed E-state index contributed by atoms with van der Waals surface area (Å²) < 4.78 is 24.5. The highest BCUT2D eigenvalue weighted by molar-refractivity contribution is 7.89. The molecule has 0 bridgehead atoms. The summed E-state index contributed by atoms with van der Waals surface area (Å²) in [7, 11) is -4.04. The molecule has 6 nitrogen and oxygen atoms in total. The lowest BCUT2D eigenvalue weighted by atomic mass is 10.1. The Bertz CT molecular complexity index is 1050. The molecular weight excluding hydrogens is 385 g/mol. The van der Waals surface area contributed by atoms with Crippen molar-refractivity contribution in [2.24, 2.45) is 0 Å². The van der Waals surface area contributed by atoms with E-state index >= 15 is 0 Å². The molecule has 3 aromatic rings. The Morgan fingerprint density at radius 3 is 2.68 bits per heavy atom. The highest BCUT2D eigenvalue weighted by atomic mass is 35.5. The number of halogens is 2. The van der Waals surface area contributed by atoms with Gasteiger partial charge in [0.25, 0.3) is 10.0 Å². The SMILES string of the molecule is O=C(Cc1c[nH]c2ccccc12)NNS(=O)(=O)c1cc(Cl)ccc1Cl. The van der Waals surface area contributed by atoms with Crippen molar-refractivity contribution in [3.05, 3.63) is 64.3 Å². The minimum Gasteiger partial charge on any atom is -0.361 e. The minimum absolute atomic E-state index is 0.00257. The molecule has 0 atom stereocenters. The normalized spacial score (nSPS) is 11.6. The van der Waals surface area contributed by atoms with E-state index in [1.165, 1.54) is 18.2 Å². The number of nitrogens with one attached hydrogen (secondary N) is 3. The largest absolute Gasteiger partial charge is 0.361 e. The number of aromatic nitrogens is 1. The van der Waals surface area contributed by atoms with Gasteiger partial charge >= 0.3 is 0 Å². The van der Waals surface area contributed by atoms with E-state index in [9.17, 15) is 13.2 Å². The number of hydrogen-bond donors (Lipinski definition) is 3. The molecule has 0 fully saturated rings. The van der Waals surface area contributed by atoms with Crippen LogP contribution in [0.2, 0.25) is 10.0 Å². The molecule has 0 spiro atoms. The van der Waals surface area contributed by atoms with E-state index in [0.29, 0.717) is 0 Å². The third-order valence-electron chi connectivity index (χ3n) is 3.53. The van der Waals surface area contributed by atoms with E-state index in [4.69, 9.17) is 23.2 Å². The number of amides is 1. The molecule has 1 aromatic heterocycles. The van der Waals surface area contributed by atoms with Gasteiger partial charge in [0.1, 0.15) is 4.90 Å². The Labute approximate surface area is 154 Å². The van der Waals surface area contributed by atoms with Crippen LogP contribution in [-0.4, -0.2) is 19.3 Å². The van der Waals surface area contributed by atoms with Crippen molar-refractivity contribution in [3.63, 3.8) is 0 Å². The predicted molar refractivity (Wildman–Crippen MR) is 96.9 cm³/mol. The number of carbonyl (C=O) groups excluding carboxylic acids is 1. The van der Waals surface area contributed by atoms with Gasteiger partial charge < -0.3 is 4.98 Å². The maximum atomic E-state index is 12.2. The number of sulfonamides is 1. The number of hydrazine groups is 1. The average Bonchev–Trinajstić information content (AvgIpc) is 2.98. The van der Waals surface area contributed by atoms with Gasteiger partial charge in [-0.1, -0.05) is 41.4 Å². The van der Waals surface area contributed by atoms with Crippen LogP contribution in [0.5, 0.6) is 0 Å². The van der Waals surface area contributed by atoms with Gasteiger partial charge in [-0.05, 0) is 29.8 Å². The quantitative estimate of drug-likeness (QED) is 0.577. The number of aromatic amines is 1. The highest BCUT2D eigenvalue weighted by Gasteiger charge is 2.19. The Morgan fingerprint density at radius 2 is 1.88 bits per heavy atom. The van der Waals surface area contributed by atoms with Gasteiger partial charge in [-0.3, -0.25) is 10.2 Å². The van der Waals surface area contributed by atoms with Crippen LogP contribution < -0.4 is 10.3 Å². The number of hydrogen-bond acceptors (Lipinski definition) is 3. The fourth-order valence-electron chi connectivity index (χ4n) is 2.36. The highest BCUT2D eigenvalue weighted by Crippen LogP contribution is 2.24. The number of fused-ring (bicyclic) bond motifs is 1. The van der Waals surface area contributed by atoms with E-state index < -0.39 is 15.9 Å². The fourth-order valence-corrected chi connectivity index (χ4v) is 3.98. The zero-order chi connectivity index (χ0) is 18.0. The van der Waals surface area contributed by atoms with Crippen LogP contribution in [0.1, 0.15) is 5.56 Å². The number of rotatable bonds is 5. The summed E-state index contributed by atoms with van der Waals surface area (Å²) in [6.07, 6.45) is 1.72. The molecule has 0 saturated heterocycles. The van der Waals surface area contributed by atoms with Crippen molar-refractivity contribution in [1.82, 2.24) is 15.2 Å². The third-order valence-corrected chi connectivity index (χ3v) is 5.50. The fraction of sp³-hybridized carbons (Fsp3) is 0.0625. The van der Waals surface area contributed by atoms with Gasteiger partial charge in [0.15, 0.2) is 0 Å². The lowest BCUT2D eigenvalue weighted by molar-refractivity contribution is -0.120. The predicted octanol–water partition coefficient (Wildman–Crippen LogP) is 3.03. The Morgan fingerprint density at radius 1 is 1.12 bits per heavy atom. The zero-order valence-corrected chi connectivity index (χ0v) is 15.0. The van der Waals surface area contributed by atoms with E-state index in [2.05, 4.69) is 10.4 Å². The van der Waals surface area contributed by atoms with Crippen LogP contribution in [0, 0.1) is 0 Å². The molecule has 0 radical (unpaired) electrons. The Kier molecular flexibility index (Phi) is 5.01. The smallest absolute Gasteiger partial charge is 0.258 e. The van der Waals surface area contributed by atoms with E-state index in [1.54, 1.807) is 6.20 Å². The molecule has 3 rings (SSSR count). The van der Waals surface area contributed by atoms with Crippen molar-refractivity contribution in [3.8, 4) is 0 Å². The second-order valence-electron chi connectivity index (χ2n) is 5.26. The van der Waals surface area contributed by atoms with Crippen molar-refractivity contribution in [2.45, 2.75) is 11.3 Å². The maximum Gasteiger partial charge on any atom is 0.258 e. The molecule has 0 saturated carbocycles. The molecule has 0 aliphatic carbocycles. The summed E-state index contributed by atoms with van der Waals surface area (Å²) >= 11 is 11.7. The van der Waals surface area contributed by atoms with Gasteiger partial charge in [0.2, 0.25) is 5.91 Å². The first-order chi connectivity index (χ1) is 11.9. The van der Waals surface area contributed by atoms with Crippen LogP contribution in [0.15, 0.2) is 53.6 Å². The monoisotopic (exact) mass is 397 g/mol. The van der Waals surface area contributed by atoms with Crippen LogP contribution in [0.3, 0.4) is 0 Å². The molecule has 3 N–H and O–H groups in total. The summed E-state index contributed by atoms with van der Waals surface area (Å²) in [6, 6.07) is 11.6. The number of para-hydroxylation sites is 1. The summed E-state index contributed by atoms with van der Waals surface area (Å²) in [5.74, 6) is -0.508. The minimum atomic E-state index is -4.04. The van der Waals surface area contributed by atoms with E-state index in [-0.39, 0.29) is 21.4 Å². The molecule has 9 heteroatoms. The molecular formula is C16H13Cl2N3O3S. The molecule has 0 aliphatic heterocycles. The van der Waals surface area contributed by atoms with Crippen LogP contribution in [0.25, 0.3) is 10.9 Å². The van der Waals surface area contributed by atoms with Crippen molar-refractivity contribution in [1.29, 1.82) is 0 Å². The molecule has 25 heavy (non-hydrogen) atoms. The van der Waals surface area contributed by atoms with Crippen molar-refractivity contribution >= 4 is 50.0 Å². The van der Waals surface area contributed by atoms with E-state index in [0.717, 1.165) is 16.5 Å². The second kappa shape index (κ2) is 7.05. The summed E-state index contributed by atoms with van der Waals surface area (Å²) in [4.78, 5) is 16.9.